The first-order valence-electron chi connectivity index (χ1n) is 5.77. The summed E-state index contributed by atoms with van der Waals surface area (Å²) in [5, 5.41) is 0. The van der Waals surface area contributed by atoms with Crippen LogP contribution in [-0.4, -0.2) is 15.7 Å². The Morgan fingerprint density at radius 1 is 1.32 bits per heavy atom. The van der Waals surface area contributed by atoms with Crippen molar-refractivity contribution in [2.75, 3.05) is 5.73 Å². The molecule has 19 heavy (non-hydrogen) atoms. The Labute approximate surface area is 106 Å². The second kappa shape index (κ2) is 3.40. The highest BCUT2D eigenvalue weighted by Gasteiger charge is 2.65. The highest BCUT2D eigenvalue weighted by molar-refractivity contribution is 5.80. The zero-order valence-corrected chi connectivity index (χ0v) is 10.1. The number of anilines is 1. The second-order valence-electron chi connectivity index (χ2n) is 4.92. The van der Waals surface area contributed by atoms with E-state index in [-0.39, 0.29) is 35.4 Å². The normalized spacial score (nSPS) is 17.9. The van der Waals surface area contributed by atoms with E-state index in [9.17, 15) is 17.6 Å². The van der Waals surface area contributed by atoms with Crippen molar-refractivity contribution in [2.45, 2.75) is 31.5 Å². The van der Waals surface area contributed by atoms with E-state index in [4.69, 9.17) is 5.73 Å². The van der Waals surface area contributed by atoms with Crippen LogP contribution in [0.3, 0.4) is 0 Å². The molecule has 0 bridgehead atoms. The van der Waals surface area contributed by atoms with E-state index < -0.39 is 17.5 Å². The van der Waals surface area contributed by atoms with Crippen molar-refractivity contribution in [1.82, 2.24) is 9.55 Å². The van der Waals surface area contributed by atoms with Gasteiger partial charge in [-0.2, -0.15) is 13.2 Å². The molecule has 1 heterocycles. The molecule has 0 saturated heterocycles. The van der Waals surface area contributed by atoms with Gasteiger partial charge in [0, 0.05) is 6.07 Å². The first-order valence-corrected chi connectivity index (χ1v) is 5.77. The molecular formula is C12H11F4N3. The largest absolute Gasteiger partial charge is 0.412 e. The van der Waals surface area contributed by atoms with Crippen LogP contribution in [0.1, 0.15) is 18.4 Å². The molecule has 3 nitrogen and oxygen atoms in total. The highest BCUT2D eigenvalue weighted by Crippen LogP contribution is 2.57. The first-order chi connectivity index (χ1) is 8.76. The van der Waals surface area contributed by atoms with E-state index in [2.05, 4.69) is 4.98 Å². The predicted molar refractivity (Wildman–Crippen MR) is 62.1 cm³/mol. The van der Waals surface area contributed by atoms with Crippen LogP contribution in [0.5, 0.6) is 0 Å². The number of benzene rings is 1. The molecule has 1 aromatic heterocycles. The first kappa shape index (κ1) is 12.3. The number of nitrogen functional groups attached to an aromatic ring is 1. The number of aromatic nitrogens is 2. The van der Waals surface area contributed by atoms with Crippen molar-refractivity contribution in [2.24, 2.45) is 0 Å². The zero-order chi connectivity index (χ0) is 14.0. The van der Waals surface area contributed by atoms with Crippen LogP contribution in [0.4, 0.5) is 23.5 Å². The van der Waals surface area contributed by atoms with E-state index in [1.165, 1.54) is 13.0 Å². The third-order valence-electron chi connectivity index (χ3n) is 3.64. The van der Waals surface area contributed by atoms with Crippen molar-refractivity contribution in [3.05, 3.63) is 23.5 Å². The molecule has 1 saturated carbocycles. The van der Waals surface area contributed by atoms with E-state index in [0.29, 0.717) is 0 Å². The Balaban J connectivity index is 2.31. The number of hydrogen-bond acceptors (Lipinski definition) is 2. The fraction of sp³-hybridized carbons (Fsp3) is 0.417. The number of nitrogens with two attached hydrogens (primary N) is 1. The summed E-state index contributed by atoms with van der Waals surface area (Å²) < 4.78 is 53.9. The van der Waals surface area contributed by atoms with Gasteiger partial charge in [-0.25, -0.2) is 9.37 Å². The lowest BCUT2D eigenvalue weighted by Gasteiger charge is -2.22. The molecule has 1 aliphatic rings. The average Bonchev–Trinajstić information content (AvgIpc) is 3.01. The Hall–Kier alpha value is -1.79. The Morgan fingerprint density at radius 3 is 2.47 bits per heavy atom. The van der Waals surface area contributed by atoms with Crippen LogP contribution in [0.15, 0.2) is 12.1 Å². The van der Waals surface area contributed by atoms with Crippen LogP contribution in [-0.2, 0) is 5.54 Å². The molecule has 102 valence electrons. The fourth-order valence-electron chi connectivity index (χ4n) is 2.42. The minimum atomic E-state index is -4.39. The molecular weight excluding hydrogens is 262 g/mol. The van der Waals surface area contributed by atoms with Gasteiger partial charge in [0.2, 0.25) is 5.95 Å². The molecule has 7 heteroatoms. The maximum atomic E-state index is 13.4. The van der Waals surface area contributed by atoms with Gasteiger partial charge in [0.25, 0.3) is 0 Å². The number of aryl methyl sites for hydroxylation is 1. The number of halogens is 4. The number of nitrogens with zero attached hydrogens (tertiary/aromatic N) is 2. The van der Waals surface area contributed by atoms with Gasteiger partial charge in [0.1, 0.15) is 11.4 Å². The second-order valence-corrected chi connectivity index (χ2v) is 4.92. The van der Waals surface area contributed by atoms with Crippen molar-refractivity contribution in [3.8, 4) is 0 Å². The molecule has 3 rings (SSSR count). The molecule has 1 fully saturated rings. The molecule has 0 radical (unpaired) electrons. The molecule has 1 aliphatic carbocycles. The molecule has 2 N–H and O–H groups in total. The van der Waals surface area contributed by atoms with Crippen molar-refractivity contribution in [1.29, 1.82) is 0 Å². The number of rotatable bonds is 1. The molecule has 0 spiro atoms. The fourth-order valence-corrected chi connectivity index (χ4v) is 2.42. The highest BCUT2D eigenvalue weighted by atomic mass is 19.4. The van der Waals surface area contributed by atoms with E-state index in [1.807, 2.05) is 0 Å². The summed E-state index contributed by atoms with van der Waals surface area (Å²) in [5.41, 5.74) is 4.28. The predicted octanol–water partition coefficient (Wildman–Crippen LogP) is 3.12. The summed E-state index contributed by atoms with van der Waals surface area (Å²) in [7, 11) is 0. The summed E-state index contributed by atoms with van der Waals surface area (Å²) in [5.74, 6) is -0.733. The number of hydrogen-bond donors (Lipinski definition) is 1. The third-order valence-corrected chi connectivity index (χ3v) is 3.64. The van der Waals surface area contributed by atoms with Gasteiger partial charge in [0.05, 0.1) is 11.0 Å². The van der Waals surface area contributed by atoms with Gasteiger partial charge in [-0.15, -0.1) is 0 Å². The van der Waals surface area contributed by atoms with Gasteiger partial charge < -0.3 is 5.73 Å². The Bertz CT molecular complexity index is 668. The number of imidazole rings is 1. The number of fused-ring (bicyclic) bond motifs is 1. The summed E-state index contributed by atoms with van der Waals surface area (Å²) in [6.45, 7) is 1.50. The third kappa shape index (κ3) is 1.53. The smallest absolute Gasteiger partial charge is 0.369 e. The molecule has 1 aromatic carbocycles. The molecule has 0 amide bonds. The van der Waals surface area contributed by atoms with Crippen LogP contribution < -0.4 is 5.73 Å². The van der Waals surface area contributed by atoms with Crippen LogP contribution >= 0.6 is 0 Å². The monoisotopic (exact) mass is 273 g/mol. The van der Waals surface area contributed by atoms with Crippen LogP contribution in [0.2, 0.25) is 0 Å². The zero-order valence-electron chi connectivity index (χ0n) is 10.1. The summed E-state index contributed by atoms with van der Waals surface area (Å²) in [4.78, 5) is 3.84. The summed E-state index contributed by atoms with van der Waals surface area (Å²) >= 11 is 0. The van der Waals surface area contributed by atoms with E-state index in [0.717, 1.165) is 10.6 Å². The quantitative estimate of drug-likeness (QED) is 0.811. The topological polar surface area (TPSA) is 43.8 Å². The van der Waals surface area contributed by atoms with Crippen molar-refractivity contribution >= 4 is 17.0 Å². The van der Waals surface area contributed by atoms with E-state index >= 15 is 0 Å². The van der Waals surface area contributed by atoms with Crippen LogP contribution in [0, 0.1) is 12.7 Å². The Kier molecular flexibility index (Phi) is 2.19. The lowest BCUT2D eigenvalue weighted by atomic mass is 10.2. The minimum absolute atomic E-state index is 0.0252. The van der Waals surface area contributed by atoms with Gasteiger partial charge >= 0.3 is 6.18 Å². The van der Waals surface area contributed by atoms with Gasteiger partial charge in [0.15, 0.2) is 0 Å². The van der Waals surface area contributed by atoms with E-state index in [1.54, 1.807) is 0 Å². The maximum absolute atomic E-state index is 13.4. The molecule has 2 aromatic rings. The molecule has 0 aliphatic heterocycles. The SMILES string of the molecule is Cc1cc2c(cc1F)nc(N)n2C1(C(F)(F)F)CC1. The van der Waals surface area contributed by atoms with Gasteiger partial charge in [-0.1, -0.05) is 0 Å². The molecule has 0 unspecified atom stereocenters. The van der Waals surface area contributed by atoms with Gasteiger partial charge in [-0.05, 0) is 31.4 Å². The maximum Gasteiger partial charge on any atom is 0.412 e. The van der Waals surface area contributed by atoms with Gasteiger partial charge in [-0.3, -0.25) is 4.57 Å². The Morgan fingerprint density at radius 2 is 1.95 bits per heavy atom. The summed E-state index contributed by atoms with van der Waals surface area (Å²) in [6, 6.07) is 2.48. The lowest BCUT2D eigenvalue weighted by Crippen LogP contribution is -2.35. The minimum Gasteiger partial charge on any atom is -0.369 e. The van der Waals surface area contributed by atoms with Crippen molar-refractivity contribution < 1.29 is 17.6 Å². The molecule has 0 atom stereocenters. The lowest BCUT2D eigenvalue weighted by molar-refractivity contribution is -0.178. The van der Waals surface area contributed by atoms with Crippen LogP contribution in [0.25, 0.3) is 11.0 Å². The number of alkyl halides is 3. The van der Waals surface area contributed by atoms with Crippen molar-refractivity contribution in [3.63, 3.8) is 0 Å². The summed E-state index contributed by atoms with van der Waals surface area (Å²) in [6.07, 6.45) is -4.44. The standard InChI is InChI=1S/C12H11F4N3/c1-6-4-9-8(5-7(6)13)18-10(17)19(9)11(2-3-11)12(14,15)16/h4-5H,2-3H2,1H3,(H2,17,18). The average molecular weight is 273 g/mol.